The summed E-state index contributed by atoms with van der Waals surface area (Å²) < 4.78 is 22.6. The fourth-order valence-electron chi connectivity index (χ4n) is 2.08. The van der Waals surface area contributed by atoms with Gasteiger partial charge in [-0.15, -0.1) is 11.3 Å². The highest BCUT2D eigenvalue weighted by atomic mass is 32.1. The molecule has 0 aliphatic rings. The number of halogens is 1. The van der Waals surface area contributed by atoms with Gasteiger partial charge in [0.05, 0.1) is 12.0 Å². The van der Waals surface area contributed by atoms with Crippen molar-refractivity contribution >= 4 is 34.3 Å². The van der Waals surface area contributed by atoms with Crippen LogP contribution in [0.5, 0.6) is 0 Å². The maximum atomic E-state index is 13.0. The minimum Gasteiger partial charge on any atom is -0.459 e. The van der Waals surface area contributed by atoms with Gasteiger partial charge < -0.3 is 14.5 Å². The molecule has 144 valence electrons. The Morgan fingerprint density at radius 2 is 1.96 bits per heavy atom. The molecule has 0 saturated carbocycles. The van der Waals surface area contributed by atoms with Crippen LogP contribution in [0.15, 0.2) is 52.5 Å². The summed E-state index contributed by atoms with van der Waals surface area (Å²) in [7, 11) is 0. The average Bonchev–Trinajstić information content (AvgIpc) is 3.37. The largest absolute Gasteiger partial charge is 0.459 e. The van der Waals surface area contributed by atoms with E-state index in [-0.39, 0.29) is 11.6 Å². The molecule has 2 heterocycles. The minimum atomic E-state index is -0.777. The quantitative estimate of drug-likeness (QED) is 0.587. The topological polar surface area (TPSA) is 111 Å². The lowest BCUT2D eigenvalue weighted by Crippen LogP contribution is -2.32. The Hall–Kier alpha value is -3.53. The van der Waals surface area contributed by atoms with Crippen LogP contribution in [0.4, 0.5) is 9.52 Å². The van der Waals surface area contributed by atoms with Gasteiger partial charge in [-0.3, -0.25) is 19.7 Å². The molecule has 0 bridgehead atoms. The summed E-state index contributed by atoms with van der Waals surface area (Å²) in [5, 5.41) is 6.83. The highest BCUT2D eigenvalue weighted by Gasteiger charge is 2.13. The molecule has 2 aromatic heterocycles. The van der Waals surface area contributed by atoms with Crippen LogP contribution < -0.4 is 10.6 Å². The zero-order valence-corrected chi connectivity index (χ0v) is 15.1. The molecule has 28 heavy (non-hydrogen) atoms. The number of aromatic nitrogens is 1. The number of nitrogens with one attached hydrogen (secondary N) is 2. The first kappa shape index (κ1) is 19.2. The molecule has 2 N–H and O–H groups in total. The predicted molar refractivity (Wildman–Crippen MR) is 98.1 cm³/mol. The van der Waals surface area contributed by atoms with Crippen molar-refractivity contribution in [3.8, 4) is 11.3 Å². The summed E-state index contributed by atoms with van der Waals surface area (Å²) >= 11 is 1.18. The fraction of sp³-hybridized carbons (Fsp3) is 0.111. The van der Waals surface area contributed by atoms with Gasteiger partial charge >= 0.3 is 5.97 Å². The maximum absolute atomic E-state index is 13.0. The van der Waals surface area contributed by atoms with Crippen LogP contribution in [-0.2, 0) is 14.3 Å². The number of thiazole rings is 1. The van der Waals surface area contributed by atoms with Crippen molar-refractivity contribution in [3.05, 3.63) is 59.6 Å². The zero-order valence-electron chi connectivity index (χ0n) is 14.3. The standard InChI is InChI=1S/C18H14FN3O5S/c19-12-5-3-11(4-6-12)13-10-28-18(21-13)22-15(23)9-27-16(24)8-20-17(25)14-2-1-7-26-14/h1-7,10H,8-9H2,(H,20,25)(H,21,22,23). The lowest BCUT2D eigenvalue weighted by Gasteiger charge is -2.05. The van der Waals surface area contributed by atoms with Crippen molar-refractivity contribution in [2.24, 2.45) is 0 Å². The second-order valence-electron chi connectivity index (χ2n) is 5.41. The van der Waals surface area contributed by atoms with E-state index in [2.05, 4.69) is 15.6 Å². The highest BCUT2D eigenvalue weighted by molar-refractivity contribution is 7.14. The van der Waals surface area contributed by atoms with Crippen LogP contribution in [0, 0.1) is 5.82 Å². The van der Waals surface area contributed by atoms with E-state index >= 15 is 0 Å². The number of rotatable bonds is 7. The van der Waals surface area contributed by atoms with Crippen molar-refractivity contribution in [2.45, 2.75) is 0 Å². The van der Waals surface area contributed by atoms with Crippen LogP contribution in [-0.4, -0.2) is 35.9 Å². The van der Waals surface area contributed by atoms with Crippen LogP contribution in [0.25, 0.3) is 11.3 Å². The third-order valence-corrected chi connectivity index (χ3v) is 4.15. The highest BCUT2D eigenvalue weighted by Crippen LogP contribution is 2.24. The first-order valence-corrected chi connectivity index (χ1v) is 8.88. The number of carbonyl (C=O) groups is 3. The summed E-state index contributed by atoms with van der Waals surface area (Å²) in [6.07, 6.45) is 1.33. The van der Waals surface area contributed by atoms with Crippen molar-refractivity contribution in [2.75, 3.05) is 18.5 Å². The average molecular weight is 403 g/mol. The predicted octanol–water partition coefficient (Wildman–Crippen LogP) is 2.45. The Morgan fingerprint density at radius 1 is 1.18 bits per heavy atom. The second kappa shape index (κ2) is 8.91. The maximum Gasteiger partial charge on any atom is 0.325 e. The van der Waals surface area contributed by atoms with E-state index in [0.717, 1.165) is 0 Å². The third-order valence-electron chi connectivity index (χ3n) is 3.39. The number of esters is 1. The third kappa shape index (κ3) is 5.24. The molecule has 0 radical (unpaired) electrons. The van der Waals surface area contributed by atoms with Gasteiger partial charge in [-0.05, 0) is 36.4 Å². The second-order valence-corrected chi connectivity index (χ2v) is 6.27. The normalized spacial score (nSPS) is 10.3. The van der Waals surface area contributed by atoms with E-state index in [4.69, 9.17) is 9.15 Å². The SMILES string of the molecule is O=C(COC(=O)CNC(=O)c1ccco1)Nc1nc(-c2ccc(F)cc2)cs1. The van der Waals surface area contributed by atoms with Gasteiger partial charge in [-0.1, -0.05) is 0 Å². The molecule has 0 unspecified atom stereocenters. The lowest BCUT2D eigenvalue weighted by molar-refractivity contribution is -0.146. The van der Waals surface area contributed by atoms with Gasteiger partial charge in [-0.2, -0.15) is 0 Å². The Bertz CT molecular complexity index is 970. The molecule has 1 aromatic carbocycles. The molecular formula is C18H14FN3O5S. The number of ether oxygens (including phenoxy) is 1. The van der Waals surface area contributed by atoms with Gasteiger partial charge in [0.15, 0.2) is 17.5 Å². The number of furan rings is 1. The van der Waals surface area contributed by atoms with Gasteiger partial charge in [0, 0.05) is 10.9 Å². The number of hydrogen-bond donors (Lipinski definition) is 2. The number of anilines is 1. The molecule has 8 nitrogen and oxygen atoms in total. The molecule has 3 rings (SSSR count). The summed E-state index contributed by atoms with van der Waals surface area (Å²) in [6.45, 7) is -0.931. The number of hydrogen-bond acceptors (Lipinski definition) is 7. The van der Waals surface area contributed by atoms with Crippen molar-refractivity contribution < 1.29 is 27.9 Å². The molecule has 0 aliphatic heterocycles. The molecule has 0 aliphatic carbocycles. The number of nitrogens with zero attached hydrogens (tertiary/aromatic N) is 1. The number of carbonyl (C=O) groups excluding carboxylic acids is 3. The molecular weight excluding hydrogens is 389 g/mol. The monoisotopic (exact) mass is 403 g/mol. The number of amides is 2. The smallest absolute Gasteiger partial charge is 0.325 e. The molecule has 0 saturated heterocycles. The summed E-state index contributed by atoms with van der Waals surface area (Å²) in [5.74, 6) is -2.21. The first-order chi connectivity index (χ1) is 13.5. The molecule has 3 aromatic rings. The van der Waals surface area contributed by atoms with E-state index in [1.165, 1.54) is 41.9 Å². The van der Waals surface area contributed by atoms with Crippen LogP contribution in [0.3, 0.4) is 0 Å². The van der Waals surface area contributed by atoms with Crippen molar-refractivity contribution in [1.82, 2.24) is 10.3 Å². The van der Waals surface area contributed by atoms with Crippen LogP contribution in [0.2, 0.25) is 0 Å². The molecule has 0 atom stereocenters. The van der Waals surface area contributed by atoms with Crippen LogP contribution >= 0.6 is 11.3 Å². The van der Waals surface area contributed by atoms with E-state index in [1.807, 2.05) is 0 Å². The zero-order chi connectivity index (χ0) is 19.9. The Kier molecular flexibility index (Phi) is 6.12. The Morgan fingerprint density at radius 3 is 2.68 bits per heavy atom. The molecule has 0 spiro atoms. The fourth-order valence-corrected chi connectivity index (χ4v) is 2.82. The Labute approximate surface area is 162 Å². The molecule has 10 heteroatoms. The summed E-state index contributed by atoms with van der Waals surface area (Å²) in [6, 6.07) is 8.78. The molecule has 2 amide bonds. The first-order valence-electron chi connectivity index (χ1n) is 8.00. The summed E-state index contributed by atoms with van der Waals surface area (Å²) in [5.41, 5.74) is 1.29. The van der Waals surface area contributed by atoms with Gasteiger partial charge in [0.1, 0.15) is 12.4 Å². The van der Waals surface area contributed by atoms with E-state index < -0.39 is 30.9 Å². The minimum absolute atomic E-state index is 0.0614. The van der Waals surface area contributed by atoms with E-state index in [0.29, 0.717) is 16.4 Å². The van der Waals surface area contributed by atoms with Gasteiger partial charge in [0.2, 0.25) is 0 Å². The van der Waals surface area contributed by atoms with Crippen molar-refractivity contribution in [3.63, 3.8) is 0 Å². The van der Waals surface area contributed by atoms with Crippen molar-refractivity contribution in [1.29, 1.82) is 0 Å². The van der Waals surface area contributed by atoms with Gasteiger partial charge in [-0.25, -0.2) is 9.37 Å². The van der Waals surface area contributed by atoms with Gasteiger partial charge in [0.25, 0.3) is 11.8 Å². The van der Waals surface area contributed by atoms with E-state index in [1.54, 1.807) is 17.5 Å². The van der Waals surface area contributed by atoms with Crippen LogP contribution in [0.1, 0.15) is 10.6 Å². The summed E-state index contributed by atoms with van der Waals surface area (Å²) in [4.78, 5) is 39.3. The molecule has 0 fully saturated rings. The number of benzene rings is 1. The Balaban J connectivity index is 1.42. The van der Waals surface area contributed by atoms with E-state index in [9.17, 15) is 18.8 Å². The lowest BCUT2D eigenvalue weighted by atomic mass is 10.2.